The van der Waals surface area contributed by atoms with Crippen molar-refractivity contribution in [3.8, 4) is 5.75 Å². The Kier molecular flexibility index (Phi) is 4.48. The number of hydrogen-bond donors (Lipinski definition) is 3. The smallest absolute Gasteiger partial charge is 0.306 e. The summed E-state index contributed by atoms with van der Waals surface area (Å²) in [5.74, 6) is -0.506. The van der Waals surface area contributed by atoms with Crippen LogP contribution in [-0.2, 0) is 4.79 Å². The standard InChI is InChI=1S/C12H16O5/c1-7-5-8(17-2)3-4-9(7)12(16)10(13)6-11(14)15/h3-5,10,12-13,16H,6H2,1-2H3,(H,14,15). The van der Waals surface area contributed by atoms with Crippen molar-refractivity contribution in [2.24, 2.45) is 0 Å². The van der Waals surface area contributed by atoms with E-state index >= 15 is 0 Å². The molecule has 0 radical (unpaired) electrons. The first-order valence-corrected chi connectivity index (χ1v) is 5.18. The predicted octanol–water partition coefficient (Wildman–Crippen LogP) is 0.873. The van der Waals surface area contributed by atoms with Crippen LogP contribution >= 0.6 is 0 Å². The van der Waals surface area contributed by atoms with E-state index in [2.05, 4.69) is 0 Å². The zero-order valence-corrected chi connectivity index (χ0v) is 9.75. The molecule has 0 aliphatic rings. The fraction of sp³-hybridized carbons (Fsp3) is 0.417. The number of rotatable bonds is 5. The summed E-state index contributed by atoms with van der Waals surface area (Å²) in [7, 11) is 1.53. The summed E-state index contributed by atoms with van der Waals surface area (Å²) >= 11 is 0. The van der Waals surface area contributed by atoms with Gasteiger partial charge in [-0.1, -0.05) is 6.07 Å². The van der Waals surface area contributed by atoms with Crippen LogP contribution in [0.1, 0.15) is 23.7 Å². The van der Waals surface area contributed by atoms with Gasteiger partial charge in [0.15, 0.2) is 0 Å². The number of aliphatic hydroxyl groups excluding tert-OH is 2. The third-order valence-electron chi connectivity index (χ3n) is 2.54. The molecule has 0 bridgehead atoms. The minimum atomic E-state index is -1.32. The molecule has 0 amide bonds. The Morgan fingerprint density at radius 1 is 1.41 bits per heavy atom. The highest BCUT2D eigenvalue weighted by molar-refractivity contribution is 5.67. The Hall–Kier alpha value is -1.59. The fourth-order valence-electron chi connectivity index (χ4n) is 1.60. The third kappa shape index (κ3) is 3.44. The van der Waals surface area contributed by atoms with Crippen LogP contribution in [-0.4, -0.2) is 34.5 Å². The molecule has 5 heteroatoms. The first-order valence-electron chi connectivity index (χ1n) is 5.18. The van der Waals surface area contributed by atoms with Crippen LogP contribution in [0.15, 0.2) is 18.2 Å². The minimum absolute atomic E-state index is 0.493. The van der Waals surface area contributed by atoms with Gasteiger partial charge in [-0.2, -0.15) is 0 Å². The summed E-state index contributed by atoms with van der Waals surface area (Å²) in [4.78, 5) is 10.4. The zero-order valence-electron chi connectivity index (χ0n) is 9.75. The molecule has 5 nitrogen and oxygen atoms in total. The highest BCUT2D eigenvalue weighted by Gasteiger charge is 2.22. The highest BCUT2D eigenvalue weighted by atomic mass is 16.5. The summed E-state index contributed by atoms with van der Waals surface area (Å²) in [6.07, 6.45) is -3.02. The zero-order chi connectivity index (χ0) is 13.0. The van der Waals surface area contributed by atoms with Gasteiger partial charge >= 0.3 is 5.97 Å². The van der Waals surface area contributed by atoms with Gasteiger partial charge in [0.25, 0.3) is 0 Å². The Balaban J connectivity index is 2.88. The number of hydrogen-bond acceptors (Lipinski definition) is 4. The van der Waals surface area contributed by atoms with Crippen molar-refractivity contribution in [2.75, 3.05) is 7.11 Å². The molecular weight excluding hydrogens is 224 g/mol. The van der Waals surface area contributed by atoms with Gasteiger partial charge in [0.05, 0.1) is 19.6 Å². The van der Waals surface area contributed by atoms with Gasteiger partial charge in [-0.15, -0.1) is 0 Å². The van der Waals surface area contributed by atoms with Crippen molar-refractivity contribution in [1.29, 1.82) is 0 Å². The van der Waals surface area contributed by atoms with Crippen LogP contribution in [0, 0.1) is 6.92 Å². The molecule has 17 heavy (non-hydrogen) atoms. The maximum atomic E-state index is 10.4. The van der Waals surface area contributed by atoms with Gasteiger partial charge in [0.2, 0.25) is 0 Å². The lowest BCUT2D eigenvalue weighted by Gasteiger charge is -2.18. The number of benzene rings is 1. The van der Waals surface area contributed by atoms with E-state index in [1.165, 1.54) is 7.11 Å². The number of aliphatic carboxylic acids is 1. The number of methoxy groups -OCH3 is 1. The first kappa shape index (κ1) is 13.5. The van der Waals surface area contributed by atoms with Crippen LogP contribution in [0.5, 0.6) is 5.75 Å². The second kappa shape index (κ2) is 5.65. The SMILES string of the molecule is COc1ccc(C(O)C(O)CC(=O)O)c(C)c1. The van der Waals surface area contributed by atoms with E-state index in [4.69, 9.17) is 9.84 Å². The molecular formula is C12H16O5. The number of carboxylic acid groups (broad SMARTS) is 1. The Morgan fingerprint density at radius 3 is 2.53 bits per heavy atom. The van der Waals surface area contributed by atoms with Gasteiger partial charge < -0.3 is 20.1 Å². The van der Waals surface area contributed by atoms with Crippen molar-refractivity contribution < 1.29 is 24.9 Å². The largest absolute Gasteiger partial charge is 0.497 e. The summed E-state index contributed by atoms with van der Waals surface area (Å²) in [5, 5.41) is 27.9. The van der Waals surface area contributed by atoms with E-state index in [0.29, 0.717) is 11.3 Å². The molecule has 0 aromatic heterocycles. The van der Waals surface area contributed by atoms with Crippen molar-refractivity contribution in [3.63, 3.8) is 0 Å². The lowest BCUT2D eigenvalue weighted by atomic mass is 9.97. The molecule has 0 aliphatic carbocycles. The average molecular weight is 240 g/mol. The minimum Gasteiger partial charge on any atom is -0.497 e. The van der Waals surface area contributed by atoms with Crippen molar-refractivity contribution in [1.82, 2.24) is 0 Å². The fourth-order valence-corrected chi connectivity index (χ4v) is 1.60. The normalized spacial score (nSPS) is 14.1. The second-order valence-corrected chi connectivity index (χ2v) is 3.83. The summed E-state index contributed by atoms with van der Waals surface area (Å²) in [6, 6.07) is 4.98. The van der Waals surface area contributed by atoms with Crippen molar-refractivity contribution in [3.05, 3.63) is 29.3 Å². The van der Waals surface area contributed by atoms with E-state index in [9.17, 15) is 15.0 Å². The molecule has 1 rings (SSSR count). The Morgan fingerprint density at radius 2 is 2.06 bits per heavy atom. The molecule has 3 N–H and O–H groups in total. The Labute approximate surface area is 99.3 Å². The van der Waals surface area contributed by atoms with Crippen LogP contribution in [0.2, 0.25) is 0 Å². The van der Waals surface area contributed by atoms with E-state index in [1.54, 1.807) is 25.1 Å². The highest BCUT2D eigenvalue weighted by Crippen LogP contribution is 2.25. The lowest BCUT2D eigenvalue weighted by Crippen LogP contribution is -2.22. The van der Waals surface area contributed by atoms with Crippen LogP contribution in [0.3, 0.4) is 0 Å². The van der Waals surface area contributed by atoms with E-state index in [1.807, 2.05) is 0 Å². The first-order chi connectivity index (χ1) is 7.95. The van der Waals surface area contributed by atoms with Crippen LogP contribution < -0.4 is 4.74 Å². The summed E-state index contributed by atoms with van der Waals surface area (Å²) < 4.78 is 5.02. The summed E-state index contributed by atoms with van der Waals surface area (Å²) in [6.45, 7) is 1.76. The average Bonchev–Trinajstić information content (AvgIpc) is 2.27. The molecule has 2 atom stereocenters. The monoisotopic (exact) mass is 240 g/mol. The number of aliphatic hydroxyl groups is 2. The molecule has 0 heterocycles. The van der Waals surface area contributed by atoms with Crippen molar-refractivity contribution >= 4 is 5.97 Å². The van der Waals surface area contributed by atoms with Crippen LogP contribution in [0.25, 0.3) is 0 Å². The van der Waals surface area contributed by atoms with Gasteiger partial charge in [0.1, 0.15) is 11.9 Å². The third-order valence-corrected chi connectivity index (χ3v) is 2.54. The number of aryl methyl sites for hydroxylation is 1. The van der Waals surface area contributed by atoms with E-state index < -0.39 is 24.6 Å². The van der Waals surface area contributed by atoms with Gasteiger partial charge in [-0.05, 0) is 30.2 Å². The number of carboxylic acids is 1. The molecule has 2 unspecified atom stereocenters. The van der Waals surface area contributed by atoms with Gasteiger partial charge in [0, 0.05) is 0 Å². The Bertz CT molecular complexity index is 402. The number of ether oxygens (including phenoxy) is 1. The number of carbonyl (C=O) groups is 1. The molecule has 1 aromatic rings. The molecule has 0 saturated carbocycles. The lowest BCUT2D eigenvalue weighted by molar-refractivity contribution is -0.141. The van der Waals surface area contributed by atoms with Gasteiger partial charge in [-0.25, -0.2) is 0 Å². The van der Waals surface area contributed by atoms with Gasteiger partial charge in [-0.3, -0.25) is 4.79 Å². The predicted molar refractivity (Wildman–Crippen MR) is 61.0 cm³/mol. The summed E-state index contributed by atoms with van der Waals surface area (Å²) in [5.41, 5.74) is 1.24. The maximum absolute atomic E-state index is 10.4. The topological polar surface area (TPSA) is 87.0 Å². The van der Waals surface area contributed by atoms with Crippen LogP contribution in [0.4, 0.5) is 0 Å². The quantitative estimate of drug-likeness (QED) is 0.711. The second-order valence-electron chi connectivity index (χ2n) is 3.83. The molecule has 0 saturated heterocycles. The maximum Gasteiger partial charge on any atom is 0.306 e. The molecule has 0 aliphatic heterocycles. The molecule has 1 aromatic carbocycles. The molecule has 94 valence electrons. The van der Waals surface area contributed by atoms with E-state index in [-0.39, 0.29) is 0 Å². The molecule has 0 fully saturated rings. The van der Waals surface area contributed by atoms with E-state index in [0.717, 1.165) is 5.56 Å². The van der Waals surface area contributed by atoms with Crippen molar-refractivity contribution in [2.45, 2.75) is 25.6 Å². The molecule has 0 spiro atoms.